The van der Waals surface area contributed by atoms with Gasteiger partial charge >= 0.3 is 5.97 Å². The molecule has 0 saturated heterocycles. The van der Waals surface area contributed by atoms with E-state index in [1.165, 1.54) is 0 Å². The normalized spacial score (nSPS) is 11.9. The van der Waals surface area contributed by atoms with Gasteiger partial charge in [0.1, 0.15) is 11.5 Å². The molecule has 4 nitrogen and oxygen atoms in total. The summed E-state index contributed by atoms with van der Waals surface area (Å²) < 4.78 is 10.8. The fourth-order valence-corrected chi connectivity index (χ4v) is 1.86. The van der Waals surface area contributed by atoms with Crippen LogP contribution in [0, 0.1) is 0 Å². The summed E-state index contributed by atoms with van der Waals surface area (Å²) in [6, 6.07) is 14.7. The highest BCUT2D eigenvalue weighted by Gasteiger charge is 2.01. The van der Waals surface area contributed by atoms with Crippen molar-refractivity contribution in [1.82, 2.24) is 0 Å². The molecule has 2 aromatic rings. The lowest BCUT2D eigenvalue weighted by Crippen LogP contribution is -2.09. The van der Waals surface area contributed by atoms with Crippen LogP contribution in [0.4, 0.5) is 5.69 Å². The summed E-state index contributed by atoms with van der Waals surface area (Å²) in [6.07, 6.45) is 4.05. The molecule has 1 atom stereocenters. The summed E-state index contributed by atoms with van der Waals surface area (Å²) >= 11 is 0. The van der Waals surface area contributed by atoms with Crippen LogP contribution in [-0.2, 0) is 4.79 Å². The van der Waals surface area contributed by atoms with Crippen molar-refractivity contribution in [3.63, 3.8) is 0 Å². The highest BCUT2D eigenvalue weighted by atomic mass is 16.5. The predicted molar refractivity (Wildman–Crippen MR) is 96.4 cm³/mol. The third kappa shape index (κ3) is 5.39. The minimum atomic E-state index is -0.476. The van der Waals surface area contributed by atoms with Crippen LogP contribution in [0.5, 0.6) is 11.5 Å². The third-order valence-electron chi connectivity index (χ3n) is 3.38. The maximum absolute atomic E-state index is 11.1. The first-order valence-corrected chi connectivity index (χ1v) is 7.86. The van der Waals surface area contributed by atoms with Gasteiger partial charge in [0.05, 0.1) is 11.8 Å². The summed E-state index contributed by atoms with van der Waals surface area (Å²) in [4.78, 5) is 15.5. The molecular weight excluding hydrogens is 302 g/mol. The Kier molecular flexibility index (Phi) is 6.32. The Bertz CT molecular complexity index is 703. The van der Waals surface area contributed by atoms with Gasteiger partial charge in [-0.25, -0.2) is 4.79 Å². The number of hydrogen-bond acceptors (Lipinski definition) is 4. The Morgan fingerprint density at radius 1 is 1.12 bits per heavy atom. The average molecular weight is 323 g/mol. The molecule has 1 unspecified atom stereocenters. The Balaban J connectivity index is 1.97. The zero-order chi connectivity index (χ0) is 17.4. The standard InChI is InChI=1S/C20H21NO3/c1-4-15(3)23-18-12-8-17(9-13-18)21-14-16-6-10-19(11-7-16)24-20(22)5-2/h5-15H,2,4H2,1,3H3. The van der Waals surface area contributed by atoms with Gasteiger partial charge < -0.3 is 9.47 Å². The maximum atomic E-state index is 11.1. The monoisotopic (exact) mass is 323 g/mol. The van der Waals surface area contributed by atoms with E-state index < -0.39 is 5.97 Å². The predicted octanol–water partition coefficient (Wildman–Crippen LogP) is 4.71. The van der Waals surface area contributed by atoms with E-state index in [9.17, 15) is 4.79 Å². The van der Waals surface area contributed by atoms with E-state index in [1.807, 2.05) is 43.3 Å². The third-order valence-corrected chi connectivity index (χ3v) is 3.38. The van der Waals surface area contributed by atoms with Crippen LogP contribution < -0.4 is 9.47 Å². The SMILES string of the molecule is C=CC(=O)Oc1ccc(C=Nc2ccc(OC(C)CC)cc2)cc1. The topological polar surface area (TPSA) is 47.9 Å². The van der Waals surface area contributed by atoms with E-state index in [2.05, 4.69) is 18.5 Å². The van der Waals surface area contributed by atoms with Crippen molar-refractivity contribution in [2.45, 2.75) is 26.4 Å². The van der Waals surface area contributed by atoms with Gasteiger partial charge in [-0.2, -0.15) is 0 Å². The van der Waals surface area contributed by atoms with Crippen LogP contribution >= 0.6 is 0 Å². The van der Waals surface area contributed by atoms with Crippen molar-refractivity contribution in [2.75, 3.05) is 0 Å². The van der Waals surface area contributed by atoms with Crippen molar-refractivity contribution in [1.29, 1.82) is 0 Å². The summed E-state index contributed by atoms with van der Waals surface area (Å²) in [7, 11) is 0. The van der Waals surface area contributed by atoms with E-state index in [-0.39, 0.29) is 6.10 Å². The second-order valence-corrected chi connectivity index (χ2v) is 5.28. The zero-order valence-electron chi connectivity index (χ0n) is 13.9. The lowest BCUT2D eigenvalue weighted by atomic mass is 10.2. The molecule has 0 spiro atoms. The van der Waals surface area contributed by atoms with Gasteiger partial charge in [-0.3, -0.25) is 4.99 Å². The van der Waals surface area contributed by atoms with Crippen LogP contribution in [0.25, 0.3) is 0 Å². The number of carbonyl (C=O) groups excluding carboxylic acids is 1. The molecule has 0 fully saturated rings. The molecule has 0 amide bonds. The highest BCUT2D eigenvalue weighted by molar-refractivity contribution is 5.84. The first kappa shape index (κ1) is 17.5. The number of esters is 1. The number of nitrogens with zero attached hydrogens (tertiary/aromatic N) is 1. The van der Waals surface area contributed by atoms with Crippen molar-refractivity contribution < 1.29 is 14.3 Å². The van der Waals surface area contributed by atoms with Crippen LogP contribution in [0.15, 0.2) is 66.2 Å². The van der Waals surface area contributed by atoms with Gasteiger partial charge in [-0.1, -0.05) is 13.5 Å². The van der Waals surface area contributed by atoms with Crippen LogP contribution in [0.1, 0.15) is 25.8 Å². The fourth-order valence-electron chi connectivity index (χ4n) is 1.86. The molecule has 24 heavy (non-hydrogen) atoms. The Labute approximate surface area is 142 Å². The van der Waals surface area contributed by atoms with E-state index in [0.29, 0.717) is 5.75 Å². The summed E-state index contributed by atoms with van der Waals surface area (Å²) in [5, 5.41) is 0. The molecule has 0 aliphatic rings. The molecule has 0 aliphatic heterocycles. The Morgan fingerprint density at radius 2 is 1.75 bits per heavy atom. The number of aliphatic imine (C=N–C) groups is 1. The van der Waals surface area contributed by atoms with Gasteiger partial charge in [-0.05, 0) is 67.4 Å². The lowest BCUT2D eigenvalue weighted by Gasteiger charge is -2.12. The number of carbonyl (C=O) groups is 1. The first-order chi connectivity index (χ1) is 11.6. The summed E-state index contributed by atoms with van der Waals surface area (Å²) in [6.45, 7) is 7.49. The molecule has 0 bridgehead atoms. The second-order valence-electron chi connectivity index (χ2n) is 5.28. The van der Waals surface area contributed by atoms with Crippen molar-refractivity contribution >= 4 is 17.9 Å². The lowest BCUT2D eigenvalue weighted by molar-refractivity contribution is -0.128. The van der Waals surface area contributed by atoms with E-state index in [1.54, 1.807) is 18.3 Å². The smallest absolute Gasteiger partial charge is 0.335 e. The van der Waals surface area contributed by atoms with Gasteiger partial charge in [0.15, 0.2) is 0 Å². The largest absolute Gasteiger partial charge is 0.491 e. The van der Waals surface area contributed by atoms with E-state index in [0.717, 1.165) is 29.5 Å². The van der Waals surface area contributed by atoms with Crippen LogP contribution in [0.3, 0.4) is 0 Å². The van der Waals surface area contributed by atoms with Crippen molar-refractivity contribution in [2.24, 2.45) is 4.99 Å². The minimum Gasteiger partial charge on any atom is -0.491 e. The second kappa shape index (κ2) is 8.67. The van der Waals surface area contributed by atoms with Crippen molar-refractivity contribution in [3.05, 3.63) is 66.7 Å². The van der Waals surface area contributed by atoms with E-state index in [4.69, 9.17) is 9.47 Å². The van der Waals surface area contributed by atoms with Gasteiger partial charge in [-0.15, -0.1) is 0 Å². The minimum absolute atomic E-state index is 0.202. The van der Waals surface area contributed by atoms with Crippen molar-refractivity contribution in [3.8, 4) is 11.5 Å². The maximum Gasteiger partial charge on any atom is 0.335 e. The zero-order valence-corrected chi connectivity index (χ0v) is 13.9. The molecule has 0 aromatic heterocycles. The molecule has 4 heteroatoms. The number of rotatable bonds is 7. The molecule has 0 heterocycles. The average Bonchev–Trinajstić information content (AvgIpc) is 2.62. The molecule has 2 rings (SSSR count). The quantitative estimate of drug-likeness (QED) is 0.321. The van der Waals surface area contributed by atoms with Gasteiger partial charge in [0.2, 0.25) is 0 Å². The van der Waals surface area contributed by atoms with Crippen LogP contribution in [0.2, 0.25) is 0 Å². The van der Waals surface area contributed by atoms with Crippen LogP contribution in [-0.4, -0.2) is 18.3 Å². The summed E-state index contributed by atoms with van der Waals surface area (Å²) in [5.74, 6) is 0.844. The molecule has 0 aliphatic carbocycles. The number of hydrogen-bond donors (Lipinski definition) is 0. The van der Waals surface area contributed by atoms with E-state index >= 15 is 0 Å². The van der Waals surface area contributed by atoms with Gasteiger partial charge in [0.25, 0.3) is 0 Å². The Morgan fingerprint density at radius 3 is 2.33 bits per heavy atom. The number of benzene rings is 2. The molecular formula is C20H21NO3. The van der Waals surface area contributed by atoms with Gasteiger partial charge in [0, 0.05) is 12.3 Å². The summed E-state index contributed by atoms with van der Waals surface area (Å²) in [5.41, 5.74) is 1.75. The first-order valence-electron chi connectivity index (χ1n) is 7.86. The Hall–Kier alpha value is -2.88. The molecule has 0 saturated carbocycles. The molecule has 2 aromatic carbocycles. The molecule has 0 radical (unpaired) electrons. The number of ether oxygens (including phenoxy) is 2. The molecule has 0 N–H and O–H groups in total. The highest BCUT2D eigenvalue weighted by Crippen LogP contribution is 2.20. The molecule has 124 valence electrons. The fraction of sp³-hybridized carbons (Fsp3) is 0.200.